The van der Waals surface area contributed by atoms with Gasteiger partial charge in [0.05, 0.1) is 16.8 Å². The summed E-state index contributed by atoms with van der Waals surface area (Å²) in [7, 11) is 0. The number of halogens is 1. The SMILES string of the molecule is C=C1N(CC(=O)NC(C)c2ncc(Cl)cc2C)N=C2C=CC=CN12. The van der Waals surface area contributed by atoms with Gasteiger partial charge in [-0.3, -0.25) is 14.7 Å². The molecule has 0 spiro atoms. The van der Waals surface area contributed by atoms with Gasteiger partial charge >= 0.3 is 0 Å². The van der Waals surface area contributed by atoms with Gasteiger partial charge in [0.15, 0.2) is 5.84 Å². The molecule has 0 aliphatic carbocycles. The number of amides is 1. The largest absolute Gasteiger partial charge is 0.346 e. The molecule has 0 bridgehead atoms. The third-order valence-corrected chi connectivity index (χ3v) is 4.01. The van der Waals surface area contributed by atoms with E-state index in [0.29, 0.717) is 10.8 Å². The van der Waals surface area contributed by atoms with E-state index in [4.69, 9.17) is 11.6 Å². The maximum atomic E-state index is 12.3. The normalized spacial score (nSPS) is 17.0. The molecule has 0 aromatic carbocycles. The Labute approximate surface area is 145 Å². The van der Waals surface area contributed by atoms with Crippen molar-refractivity contribution in [3.63, 3.8) is 0 Å². The summed E-state index contributed by atoms with van der Waals surface area (Å²) in [5.41, 5.74) is 1.73. The van der Waals surface area contributed by atoms with Crippen LogP contribution in [-0.2, 0) is 4.79 Å². The van der Waals surface area contributed by atoms with Crippen molar-refractivity contribution in [1.29, 1.82) is 0 Å². The van der Waals surface area contributed by atoms with E-state index < -0.39 is 0 Å². The summed E-state index contributed by atoms with van der Waals surface area (Å²) < 4.78 is 0. The summed E-state index contributed by atoms with van der Waals surface area (Å²) >= 11 is 5.92. The van der Waals surface area contributed by atoms with Gasteiger partial charge in [-0.25, -0.2) is 5.01 Å². The predicted octanol–water partition coefficient (Wildman–Crippen LogP) is 2.71. The monoisotopic (exact) mass is 343 g/mol. The number of carbonyl (C=O) groups excluding carboxylic acids is 1. The summed E-state index contributed by atoms with van der Waals surface area (Å²) in [6, 6.07) is 1.61. The zero-order chi connectivity index (χ0) is 17.3. The zero-order valence-corrected chi connectivity index (χ0v) is 14.3. The van der Waals surface area contributed by atoms with Crippen molar-refractivity contribution in [2.75, 3.05) is 6.54 Å². The molecule has 0 fully saturated rings. The highest BCUT2D eigenvalue weighted by Gasteiger charge is 2.27. The third-order valence-electron chi connectivity index (χ3n) is 3.80. The van der Waals surface area contributed by atoms with Gasteiger partial charge in [0.2, 0.25) is 5.91 Å². The van der Waals surface area contributed by atoms with Crippen LogP contribution in [0, 0.1) is 6.92 Å². The second kappa shape index (κ2) is 6.49. The Kier molecular flexibility index (Phi) is 4.40. The summed E-state index contributed by atoms with van der Waals surface area (Å²) in [5.74, 6) is 1.24. The fourth-order valence-electron chi connectivity index (χ4n) is 2.66. The van der Waals surface area contributed by atoms with Crippen LogP contribution in [-0.4, -0.2) is 33.2 Å². The molecule has 1 amide bonds. The molecule has 0 radical (unpaired) electrons. The summed E-state index contributed by atoms with van der Waals surface area (Å²) in [6.07, 6.45) is 9.10. The van der Waals surface area contributed by atoms with Crippen molar-refractivity contribution in [3.05, 3.63) is 65.4 Å². The number of rotatable bonds is 4. The first-order chi connectivity index (χ1) is 11.5. The predicted molar refractivity (Wildman–Crippen MR) is 93.9 cm³/mol. The molecule has 1 aromatic rings. The number of fused-ring (bicyclic) bond motifs is 1. The third kappa shape index (κ3) is 3.19. The van der Waals surface area contributed by atoms with E-state index in [1.165, 1.54) is 0 Å². The molecule has 0 saturated heterocycles. The zero-order valence-electron chi connectivity index (χ0n) is 13.5. The number of nitrogens with one attached hydrogen (secondary N) is 1. The number of carbonyl (C=O) groups is 1. The van der Waals surface area contributed by atoms with Gasteiger partial charge in [-0.1, -0.05) is 24.3 Å². The van der Waals surface area contributed by atoms with Gasteiger partial charge in [0.1, 0.15) is 12.4 Å². The van der Waals surface area contributed by atoms with Crippen LogP contribution in [0.5, 0.6) is 0 Å². The number of allylic oxidation sites excluding steroid dienone is 2. The van der Waals surface area contributed by atoms with Gasteiger partial charge in [0.25, 0.3) is 0 Å². The Morgan fingerprint density at radius 2 is 2.25 bits per heavy atom. The van der Waals surface area contributed by atoms with E-state index in [0.717, 1.165) is 17.1 Å². The highest BCUT2D eigenvalue weighted by Crippen LogP contribution is 2.22. The van der Waals surface area contributed by atoms with Crippen molar-refractivity contribution < 1.29 is 4.79 Å². The molecule has 1 atom stereocenters. The number of amidine groups is 1. The topological polar surface area (TPSA) is 60.8 Å². The summed E-state index contributed by atoms with van der Waals surface area (Å²) in [4.78, 5) is 18.5. The van der Waals surface area contributed by atoms with Crippen LogP contribution in [0.15, 0.2) is 54.2 Å². The number of pyridine rings is 1. The number of nitrogens with zero attached hydrogens (tertiary/aromatic N) is 4. The Hall–Kier alpha value is -2.60. The molecule has 3 heterocycles. The number of hydrazone groups is 1. The summed E-state index contributed by atoms with van der Waals surface area (Å²) in [5, 5.41) is 9.48. The van der Waals surface area contributed by atoms with Gasteiger partial charge in [0, 0.05) is 12.4 Å². The molecule has 1 aromatic heterocycles. The molecule has 2 aliphatic heterocycles. The first-order valence-electron chi connectivity index (χ1n) is 7.56. The maximum Gasteiger partial charge on any atom is 0.242 e. The van der Waals surface area contributed by atoms with E-state index >= 15 is 0 Å². The Morgan fingerprint density at radius 1 is 1.46 bits per heavy atom. The Bertz CT molecular complexity index is 783. The van der Waals surface area contributed by atoms with E-state index in [2.05, 4.69) is 22.0 Å². The van der Waals surface area contributed by atoms with Gasteiger partial charge in [-0.15, -0.1) is 0 Å². The minimum atomic E-state index is -0.222. The molecule has 7 heteroatoms. The van der Waals surface area contributed by atoms with E-state index in [1.807, 2.05) is 49.2 Å². The smallest absolute Gasteiger partial charge is 0.242 e. The van der Waals surface area contributed by atoms with Gasteiger partial charge in [-0.2, -0.15) is 5.10 Å². The van der Waals surface area contributed by atoms with Crippen LogP contribution in [0.1, 0.15) is 24.2 Å². The highest BCUT2D eigenvalue weighted by atomic mass is 35.5. The lowest BCUT2D eigenvalue weighted by molar-refractivity contribution is -0.122. The first kappa shape index (κ1) is 16.3. The van der Waals surface area contributed by atoms with Crippen molar-refractivity contribution in [3.8, 4) is 0 Å². The second-order valence-corrected chi connectivity index (χ2v) is 6.08. The molecule has 0 saturated carbocycles. The van der Waals surface area contributed by atoms with E-state index in [9.17, 15) is 4.79 Å². The molecule has 3 rings (SSSR count). The Balaban J connectivity index is 1.64. The molecular formula is C17H18ClN5O. The summed E-state index contributed by atoms with van der Waals surface area (Å²) in [6.45, 7) is 7.88. The average molecular weight is 344 g/mol. The van der Waals surface area contributed by atoms with Crippen LogP contribution in [0.2, 0.25) is 5.02 Å². The van der Waals surface area contributed by atoms with E-state index in [1.54, 1.807) is 11.2 Å². The number of hydrogen-bond acceptors (Lipinski definition) is 5. The molecule has 2 aliphatic rings. The number of aromatic nitrogens is 1. The lowest BCUT2D eigenvalue weighted by atomic mass is 10.1. The second-order valence-electron chi connectivity index (χ2n) is 5.65. The lowest BCUT2D eigenvalue weighted by Crippen LogP contribution is -2.36. The van der Waals surface area contributed by atoms with Crippen LogP contribution in [0.25, 0.3) is 0 Å². The minimum Gasteiger partial charge on any atom is -0.346 e. The maximum absolute atomic E-state index is 12.3. The fraction of sp³-hybridized carbons (Fsp3) is 0.235. The van der Waals surface area contributed by atoms with Crippen LogP contribution in [0.4, 0.5) is 0 Å². The Morgan fingerprint density at radius 3 is 2.96 bits per heavy atom. The van der Waals surface area contributed by atoms with Gasteiger partial charge in [-0.05, 0) is 37.6 Å². The molecule has 6 nitrogen and oxygen atoms in total. The van der Waals surface area contributed by atoms with Crippen molar-refractivity contribution in [2.24, 2.45) is 5.10 Å². The van der Waals surface area contributed by atoms with Crippen LogP contribution < -0.4 is 5.32 Å². The van der Waals surface area contributed by atoms with Crippen molar-refractivity contribution in [1.82, 2.24) is 20.2 Å². The van der Waals surface area contributed by atoms with Crippen molar-refractivity contribution in [2.45, 2.75) is 19.9 Å². The standard InChI is InChI=1S/C17H18ClN5O/c1-11-8-14(18)9-19-17(11)12(2)20-16(24)10-23-13(3)22-7-5-4-6-15(22)21-23/h4-9,12H,3,10H2,1-2H3,(H,20,24). The molecule has 24 heavy (non-hydrogen) atoms. The molecule has 1 N–H and O–H groups in total. The fourth-order valence-corrected chi connectivity index (χ4v) is 2.87. The average Bonchev–Trinajstić information content (AvgIpc) is 2.83. The molecule has 124 valence electrons. The quantitative estimate of drug-likeness (QED) is 0.913. The number of hydrogen-bond donors (Lipinski definition) is 1. The van der Waals surface area contributed by atoms with Gasteiger partial charge < -0.3 is 5.32 Å². The van der Waals surface area contributed by atoms with Crippen LogP contribution >= 0.6 is 11.6 Å². The van der Waals surface area contributed by atoms with Crippen molar-refractivity contribution >= 4 is 23.3 Å². The first-order valence-corrected chi connectivity index (χ1v) is 7.94. The lowest BCUT2D eigenvalue weighted by Gasteiger charge is -2.21. The highest BCUT2D eigenvalue weighted by molar-refractivity contribution is 6.30. The molecule has 1 unspecified atom stereocenters. The molecular weight excluding hydrogens is 326 g/mol. The number of aryl methyl sites for hydroxylation is 1. The van der Waals surface area contributed by atoms with E-state index in [-0.39, 0.29) is 18.5 Å². The van der Waals surface area contributed by atoms with Crippen LogP contribution in [0.3, 0.4) is 0 Å². The minimum absolute atomic E-state index is 0.0947.